The van der Waals surface area contributed by atoms with Gasteiger partial charge in [0.2, 0.25) is 0 Å². The molecule has 3 nitrogen and oxygen atoms in total. The predicted molar refractivity (Wildman–Crippen MR) is 117 cm³/mol. The molecule has 1 aliphatic carbocycles. The molecule has 2 aromatic carbocycles. The Morgan fingerprint density at radius 1 is 1.11 bits per heavy atom. The van der Waals surface area contributed by atoms with Crippen LogP contribution in [-0.4, -0.2) is 27.2 Å². The molecular weight excluding hydrogens is 467 g/mol. The normalized spacial score (nSPS) is 18.3. The minimum atomic E-state index is -0.612. The van der Waals surface area contributed by atoms with Crippen LogP contribution in [0.5, 0.6) is 0 Å². The van der Waals surface area contributed by atoms with E-state index in [0.717, 1.165) is 30.2 Å². The fourth-order valence-corrected chi connectivity index (χ4v) is 4.91. The van der Waals surface area contributed by atoms with E-state index in [0.29, 0.717) is 31.9 Å². The summed E-state index contributed by atoms with van der Waals surface area (Å²) in [7, 11) is 0. The van der Waals surface area contributed by atoms with Gasteiger partial charge in [0, 0.05) is 20.6 Å². The van der Waals surface area contributed by atoms with E-state index in [1.54, 1.807) is 29.2 Å². The molecule has 7 heteroatoms. The van der Waals surface area contributed by atoms with Crippen LogP contribution in [0.2, 0.25) is 10.0 Å². The molecule has 0 aromatic heterocycles. The molecule has 2 aliphatic rings. The minimum Gasteiger partial charge on any atom is -0.271 e. The summed E-state index contributed by atoms with van der Waals surface area (Å²) in [5.74, 6) is -0.127. The topological polar surface area (TPSA) is 32.7 Å². The van der Waals surface area contributed by atoms with Crippen molar-refractivity contribution in [3.05, 3.63) is 68.1 Å². The summed E-state index contributed by atoms with van der Waals surface area (Å²) < 4.78 is 0.920. The largest absolute Gasteiger partial charge is 0.271 e. The van der Waals surface area contributed by atoms with E-state index in [4.69, 9.17) is 40.4 Å². The highest BCUT2D eigenvalue weighted by Crippen LogP contribution is 2.43. The third-order valence-corrected chi connectivity index (χ3v) is 6.48. The van der Waals surface area contributed by atoms with Gasteiger partial charge in [0.1, 0.15) is 16.4 Å². The molecule has 0 N–H and O–H groups in total. The lowest BCUT2D eigenvalue weighted by Gasteiger charge is -2.32. The molecule has 0 unspecified atom stereocenters. The van der Waals surface area contributed by atoms with Crippen molar-refractivity contribution in [2.75, 3.05) is 0 Å². The van der Waals surface area contributed by atoms with Gasteiger partial charge in [-0.15, -0.1) is 0 Å². The number of thiocarbonyl (C=S) groups is 1. The Labute approximate surface area is 181 Å². The molecule has 1 fully saturated rings. The van der Waals surface area contributed by atoms with Gasteiger partial charge in [0.05, 0.1) is 5.02 Å². The van der Waals surface area contributed by atoms with Crippen molar-refractivity contribution in [1.82, 2.24) is 4.90 Å². The lowest BCUT2D eigenvalue weighted by Crippen LogP contribution is -2.48. The average molecular weight is 482 g/mol. The molecule has 4 rings (SSSR count). The number of benzene rings is 2. The Hall–Kier alpha value is -1.27. The molecule has 1 spiro atoms. The maximum atomic E-state index is 13.3. The van der Waals surface area contributed by atoms with Gasteiger partial charge >= 0.3 is 0 Å². The van der Waals surface area contributed by atoms with E-state index in [-0.39, 0.29) is 5.91 Å². The van der Waals surface area contributed by atoms with E-state index in [9.17, 15) is 4.79 Å². The van der Waals surface area contributed by atoms with E-state index in [1.165, 1.54) is 0 Å². The molecule has 2 aromatic rings. The quantitative estimate of drug-likeness (QED) is 0.471. The number of carbonyl (C=O) groups is 1. The van der Waals surface area contributed by atoms with Gasteiger partial charge in [-0.2, -0.15) is 0 Å². The van der Waals surface area contributed by atoms with Crippen molar-refractivity contribution in [3.8, 4) is 0 Å². The lowest BCUT2D eigenvalue weighted by atomic mass is 10.1. The van der Waals surface area contributed by atoms with Gasteiger partial charge in [-0.1, -0.05) is 51.3 Å². The summed E-state index contributed by atoms with van der Waals surface area (Å²) in [5.41, 5.74) is 1.28. The smallest absolute Gasteiger partial charge is 0.260 e. The van der Waals surface area contributed by atoms with E-state index in [1.807, 2.05) is 18.2 Å². The van der Waals surface area contributed by atoms with Crippen molar-refractivity contribution >= 4 is 68.0 Å². The van der Waals surface area contributed by atoms with Gasteiger partial charge < -0.3 is 0 Å². The second-order valence-electron chi connectivity index (χ2n) is 6.73. The van der Waals surface area contributed by atoms with E-state index < -0.39 is 5.66 Å². The summed E-state index contributed by atoms with van der Waals surface area (Å²) in [5, 5.41) is 1.03. The molecular formula is C20H15BrCl2N2OS. The van der Waals surface area contributed by atoms with Crippen LogP contribution in [0.4, 0.5) is 0 Å². The van der Waals surface area contributed by atoms with Crippen LogP contribution >= 0.6 is 51.3 Å². The molecule has 1 saturated carbocycles. The maximum Gasteiger partial charge on any atom is 0.260 e. The van der Waals surface area contributed by atoms with Crippen molar-refractivity contribution in [2.45, 2.75) is 31.3 Å². The zero-order valence-corrected chi connectivity index (χ0v) is 18.1. The first kappa shape index (κ1) is 19.1. The van der Waals surface area contributed by atoms with Crippen LogP contribution < -0.4 is 0 Å². The van der Waals surface area contributed by atoms with Crippen LogP contribution in [-0.2, 0) is 0 Å². The third-order valence-electron chi connectivity index (χ3n) is 5.03. The van der Waals surface area contributed by atoms with Gasteiger partial charge in [-0.05, 0) is 68.1 Å². The first-order valence-electron chi connectivity index (χ1n) is 8.61. The number of amides is 1. The van der Waals surface area contributed by atoms with Gasteiger partial charge in [0.25, 0.3) is 5.91 Å². The van der Waals surface area contributed by atoms with Gasteiger partial charge in [-0.25, -0.2) is 0 Å². The molecule has 1 aliphatic heterocycles. The zero-order chi connectivity index (χ0) is 19.2. The lowest BCUT2D eigenvalue weighted by molar-refractivity contribution is 0.0724. The van der Waals surface area contributed by atoms with E-state index in [2.05, 4.69) is 15.9 Å². The Balaban J connectivity index is 1.78. The van der Waals surface area contributed by atoms with Crippen molar-refractivity contribution < 1.29 is 4.79 Å². The highest BCUT2D eigenvalue weighted by atomic mass is 79.9. The standard InChI is InChI=1S/C20H15BrCl2N2OS/c21-13-5-3-12(4-6-13)18(26)25-19(27)17(24-20(25)9-1-2-10-20)15-8-7-14(22)11-16(15)23/h3-8,11H,1-2,9-10H2. The van der Waals surface area contributed by atoms with Crippen LogP contribution in [0.1, 0.15) is 41.6 Å². The number of halogens is 3. The highest BCUT2D eigenvalue weighted by Gasteiger charge is 2.50. The summed E-state index contributed by atoms with van der Waals surface area (Å²) in [6, 6.07) is 12.5. The summed E-state index contributed by atoms with van der Waals surface area (Å²) >= 11 is 21.6. The first-order chi connectivity index (χ1) is 12.9. The van der Waals surface area contributed by atoms with Crippen molar-refractivity contribution in [2.24, 2.45) is 4.99 Å². The Kier molecular flexibility index (Phi) is 5.14. The Bertz CT molecular complexity index is 968. The average Bonchev–Trinajstić information content (AvgIpc) is 3.20. The minimum absolute atomic E-state index is 0.127. The Morgan fingerprint density at radius 3 is 2.41 bits per heavy atom. The molecule has 0 radical (unpaired) electrons. The third kappa shape index (κ3) is 3.35. The zero-order valence-electron chi connectivity index (χ0n) is 14.2. The second kappa shape index (κ2) is 7.28. The van der Waals surface area contributed by atoms with Crippen LogP contribution in [0.25, 0.3) is 0 Å². The number of hydrogen-bond acceptors (Lipinski definition) is 3. The van der Waals surface area contributed by atoms with Gasteiger partial charge in [0.15, 0.2) is 0 Å². The van der Waals surface area contributed by atoms with Crippen molar-refractivity contribution in [3.63, 3.8) is 0 Å². The SMILES string of the molecule is O=C(c1ccc(Br)cc1)N1C(=S)C(c2ccc(Cl)cc2Cl)=NC12CCCC2. The number of rotatable bonds is 2. The predicted octanol–water partition coefficient (Wildman–Crippen LogP) is 6.30. The molecule has 0 bridgehead atoms. The molecule has 27 heavy (non-hydrogen) atoms. The van der Waals surface area contributed by atoms with Crippen LogP contribution in [0.15, 0.2) is 51.9 Å². The molecule has 138 valence electrons. The fraction of sp³-hybridized carbons (Fsp3) is 0.250. The highest BCUT2D eigenvalue weighted by molar-refractivity contribution is 9.10. The number of aliphatic imine (C=N–C) groups is 1. The number of carbonyl (C=O) groups excluding carboxylic acids is 1. The molecule has 0 atom stereocenters. The first-order valence-corrected chi connectivity index (χ1v) is 10.6. The molecule has 1 heterocycles. The second-order valence-corrected chi connectivity index (χ2v) is 8.87. The number of nitrogens with zero attached hydrogens (tertiary/aromatic N) is 2. The molecule has 0 saturated heterocycles. The summed E-state index contributed by atoms with van der Waals surface area (Å²) in [4.78, 5) is 20.4. The van der Waals surface area contributed by atoms with Gasteiger partial charge in [-0.3, -0.25) is 14.7 Å². The monoisotopic (exact) mass is 480 g/mol. The van der Waals surface area contributed by atoms with Crippen LogP contribution in [0, 0.1) is 0 Å². The van der Waals surface area contributed by atoms with Crippen LogP contribution in [0.3, 0.4) is 0 Å². The fourth-order valence-electron chi connectivity index (χ4n) is 3.74. The number of hydrogen-bond donors (Lipinski definition) is 0. The molecule has 1 amide bonds. The van der Waals surface area contributed by atoms with E-state index >= 15 is 0 Å². The van der Waals surface area contributed by atoms with Crippen molar-refractivity contribution in [1.29, 1.82) is 0 Å². The summed E-state index contributed by atoms with van der Waals surface area (Å²) in [6.45, 7) is 0. The maximum absolute atomic E-state index is 13.3. The Morgan fingerprint density at radius 2 is 1.78 bits per heavy atom. The summed E-state index contributed by atoms with van der Waals surface area (Å²) in [6.07, 6.45) is 3.62.